The first-order valence-corrected chi connectivity index (χ1v) is 9.24. The van der Waals surface area contributed by atoms with E-state index in [4.69, 9.17) is 16.6 Å². The summed E-state index contributed by atoms with van der Waals surface area (Å²) >= 11 is 5.91. The second-order valence-electron chi connectivity index (χ2n) is 6.65. The van der Waals surface area contributed by atoms with Crippen molar-refractivity contribution in [3.8, 4) is 11.3 Å². The zero-order valence-electron chi connectivity index (χ0n) is 14.6. The van der Waals surface area contributed by atoms with E-state index in [-0.39, 0.29) is 17.2 Å². The number of anilines is 3. The highest BCUT2D eigenvalue weighted by atomic mass is 35.5. The second kappa shape index (κ2) is 6.45. The fourth-order valence-electron chi connectivity index (χ4n) is 3.56. The molecule has 6 nitrogen and oxygen atoms in total. The molecule has 1 atom stereocenters. The molecule has 2 aromatic heterocycles. The molecule has 0 saturated carbocycles. The highest BCUT2D eigenvalue weighted by Crippen LogP contribution is 2.45. The molecule has 0 aliphatic carbocycles. The second-order valence-corrected chi connectivity index (χ2v) is 7.05. The molecule has 0 spiro atoms. The third kappa shape index (κ3) is 2.66. The minimum atomic E-state index is -0.480. The van der Waals surface area contributed by atoms with Crippen LogP contribution in [0.25, 0.3) is 11.3 Å². The normalized spacial score (nSPS) is 17.0. The van der Waals surface area contributed by atoms with Crippen molar-refractivity contribution in [3.63, 3.8) is 0 Å². The number of fused-ring (bicyclic) bond motifs is 3. The van der Waals surface area contributed by atoms with Gasteiger partial charge in [-0.25, -0.2) is 19.2 Å². The maximum absolute atomic E-state index is 13.5. The predicted molar refractivity (Wildman–Crippen MR) is 106 cm³/mol. The summed E-state index contributed by atoms with van der Waals surface area (Å²) in [5.41, 5.74) is 2.22. The highest BCUT2D eigenvalue weighted by Gasteiger charge is 2.46. The maximum atomic E-state index is 13.5. The smallest absolute Gasteiger partial charge is 0.330 e. The van der Waals surface area contributed by atoms with Crippen LogP contribution in [0.5, 0.6) is 0 Å². The summed E-state index contributed by atoms with van der Waals surface area (Å²) in [7, 11) is 0. The standard InChI is InChI=1S/C20H15ClFN5O/c21-13-11-12(4-5-14(13)22)15-6-7-16-19(24-15)27(18-8-10-26(16)18)20(28)25-17-3-1-2-9-23-17/h1-7,9,11,18H,8,10H2,(H,23,25,28)/t18-/m0/s1. The van der Waals surface area contributed by atoms with Crippen molar-refractivity contribution >= 4 is 35.0 Å². The number of amides is 2. The Bertz CT molecular complexity index is 1080. The third-order valence-electron chi connectivity index (χ3n) is 5.01. The van der Waals surface area contributed by atoms with E-state index in [1.165, 1.54) is 12.1 Å². The van der Waals surface area contributed by atoms with Crippen LogP contribution in [-0.2, 0) is 0 Å². The Labute approximate surface area is 165 Å². The molecule has 4 heterocycles. The lowest BCUT2D eigenvalue weighted by atomic mass is 10.1. The van der Waals surface area contributed by atoms with Crippen molar-refractivity contribution in [2.24, 2.45) is 0 Å². The topological polar surface area (TPSA) is 61.4 Å². The number of aromatic nitrogens is 2. The number of halogens is 2. The lowest BCUT2D eigenvalue weighted by molar-refractivity contribution is 0.252. The first-order valence-electron chi connectivity index (χ1n) is 8.86. The van der Waals surface area contributed by atoms with Crippen LogP contribution in [-0.4, -0.2) is 28.7 Å². The number of rotatable bonds is 2. The van der Waals surface area contributed by atoms with Gasteiger partial charge in [0.05, 0.1) is 16.4 Å². The van der Waals surface area contributed by atoms with Gasteiger partial charge in [0.15, 0.2) is 5.82 Å². The fraction of sp³-hybridized carbons (Fsp3) is 0.150. The Balaban J connectivity index is 1.51. The molecule has 8 heteroatoms. The van der Waals surface area contributed by atoms with E-state index in [2.05, 4.69) is 15.2 Å². The lowest BCUT2D eigenvalue weighted by Gasteiger charge is -2.39. The SMILES string of the molecule is O=C(Nc1ccccn1)N1c2nc(-c3ccc(F)c(Cl)c3)ccc2N2CC[C@@H]21. The minimum Gasteiger partial charge on any atom is -0.347 e. The van der Waals surface area contributed by atoms with Gasteiger partial charge in [-0.05, 0) is 42.5 Å². The Morgan fingerprint density at radius 1 is 1.21 bits per heavy atom. The van der Waals surface area contributed by atoms with Gasteiger partial charge in [0, 0.05) is 24.7 Å². The van der Waals surface area contributed by atoms with Crippen LogP contribution in [0.4, 0.5) is 26.5 Å². The number of pyridine rings is 2. The van der Waals surface area contributed by atoms with Crippen LogP contribution in [0.1, 0.15) is 6.42 Å². The molecular weight excluding hydrogens is 381 g/mol. The fourth-order valence-corrected chi connectivity index (χ4v) is 3.74. The quantitative estimate of drug-likeness (QED) is 0.692. The molecule has 28 heavy (non-hydrogen) atoms. The zero-order chi connectivity index (χ0) is 19.3. The summed E-state index contributed by atoms with van der Waals surface area (Å²) in [6.45, 7) is 0.869. The van der Waals surface area contributed by atoms with Gasteiger partial charge in [-0.15, -0.1) is 0 Å². The van der Waals surface area contributed by atoms with Crippen LogP contribution in [0.15, 0.2) is 54.7 Å². The summed E-state index contributed by atoms with van der Waals surface area (Å²) in [5.74, 6) is 0.578. The van der Waals surface area contributed by atoms with Gasteiger partial charge in [0.2, 0.25) is 0 Å². The molecule has 0 bridgehead atoms. The molecule has 1 aromatic carbocycles. The van der Waals surface area contributed by atoms with E-state index in [0.717, 1.165) is 18.7 Å². The van der Waals surface area contributed by atoms with E-state index in [9.17, 15) is 9.18 Å². The van der Waals surface area contributed by atoms with Crippen molar-refractivity contribution in [1.82, 2.24) is 9.97 Å². The predicted octanol–water partition coefficient (Wildman–Crippen LogP) is 4.52. The molecule has 3 aromatic rings. The molecule has 140 valence electrons. The number of benzene rings is 1. The van der Waals surface area contributed by atoms with Gasteiger partial charge in [-0.1, -0.05) is 17.7 Å². The van der Waals surface area contributed by atoms with Crippen LogP contribution in [0, 0.1) is 5.82 Å². The van der Waals surface area contributed by atoms with Gasteiger partial charge in [0.1, 0.15) is 17.8 Å². The largest absolute Gasteiger partial charge is 0.347 e. The van der Waals surface area contributed by atoms with Crippen molar-refractivity contribution in [2.75, 3.05) is 21.7 Å². The van der Waals surface area contributed by atoms with Gasteiger partial charge in [-0.2, -0.15) is 0 Å². The van der Waals surface area contributed by atoms with E-state index in [1.807, 2.05) is 18.2 Å². The summed E-state index contributed by atoms with van der Waals surface area (Å²) in [5, 5.41) is 2.86. The number of carbonyl (C=O) groups is 1. The molecule has 5 rings (SSSR count). The summed E-state index contributed by atoms with van der Waals surface area (Å²) in [4.78, 5) is 25.6. The zero-order valence-corrected chi connectivity index (χ0v) is 15.4. The van der Waals surface area contributed by atoms with E-state index in [1.54, 1.807) is 29.3 Å². The molecule has 2 aliphatic rings. The van der Waals surface area contributed by atoms with Crippen LogP contribution < -0.4 is 15.1 Å². The van der Waals surface area contributed by atoms with E-state index >= 15 is 0 Å². The van der Waals surface area contributed by atoms with Crippen LogP contribution in [0.2, 0.25) is 5.02 Å². The average molecular weight is 396 g/mol. The number of hydrogen-bond donors (Lipinski definition) is 1. The maximum Gasteiger partial charge on any atom is 0.330 e. The molecule has 0 unspecified atom stereocenters. The molecule has 0 radical (unpaired) electrons. The number of nitrogens with zero attached hydrogens (tertiary/aromatic N) is 4. The lowest BCUT2D eigenvalue weighted by Crippen LogP contribution is -2.56. The molecule has 1 saturated heterocycles. The van der Waals surface area contributed by atoms with Gasteiger partial charge in [-0.3, -0.25) is 10.2 Å². The third-order valence-corrected chi connectivity index (χ3v) is 5.30. The van der Waals surface area contributed by atoms with E-state index < -0.39 is 5.82 Å². The minimum absolute atomic E-state index is 0.0355. The Kier molecular flexibility index (Phi) is 3.91. The van der Waals surface area contributed by atoms with Gasteiger partial charge in [0.25, 0.3) is 0 Å². The van der Waals surface area contributed by atoms with Gasteiger partial charge < -0.3 is 4.90 Å². The molecule has 2 aliphatic heterocycles. The Hall–Kier alpha value is -3.19. The van der Waals surface area contributed by atoms with Crippen molar-refractivity contribution in [1.29, 1.82) is 0 Å². The molecular formula is C20H15ClFN5O. The molecule has 2 amide bonds. The highest BCUT2D eigenvalue weighted by molar-refractivity contribution is 6.31. The Morgan fingerprint density at radius 3 is 2.82 bits per heavy atom. The number of urea groups is 1. The first kappa shape index (κ1) is 16.9. The number of hydrogen-bond acceptors (Lipinski definition) is 4. The van der Waals surface area contributed by atoms with Crippen molar-refractivity contribution in [3.05, 3.63) is 65.6 Å². The number of carbonyl (C=O) groups excluding carboxylic acids is 1. The molecule has 1 N–H and O–H groups in total. The average Bonchev–Trinajstić information content (AvgIpc) is 2.90. The summed E-state index contributed by atoms with van der Waals surface area (Å²) < 4.78 is 13.5. The first-order chi connectivity index (χ1) is 13.6. The van der Waals surface area contributed by atoms with Crippen LogP contribution >= 0.6 is 11.6 Å². The summed E-state index contributed by atoms with van der Waals surface area (Å²) in [6, 6.07) is 13.3. The van der Waals surface area contributed by atoms with Gasteiger partial charge >= 0.3 is 6.03 Å². The van der Waals surface area contributed by atoms with Crippen molar-refractivity contribution in [2.45, 2.75) is 12.6 Å². The van der Waals surface area contributed by atoms with E-state index in [0.29, 0.717) is 22.9 Å². The summed E-state index contributed by atoms with van der Waals surface area (Å²) in [6.07, 6.45) is 2.43. The van der Waals surface area contributed by atoms with Crippen LogP contribution in [0.3, 0.4) is 0 Å². The van der Waals surface area contributed by atoms with Crippen molar-refractivity contribution < 1.29 is 9.18 Å². The molecule has 1 fully saturated rings. The monoisotopic (exact) mass is 395 g/mol. The Morgan fingerprint density at radius 2 is 2.11 bits per heavy atom. The number of nitrogens with one attached hydrogen (secondary N) is 1.